The maximum absolute atomic E-state index is 11.0. The van der Waals surface area contributed by atoms with Gasteiger partial charge in [0.25, 0.3) is 0 Å². The zero-order valence-electron chi connectivity index (χ0n) is 7.88. The molecule has 0 aliphatic heterocycles. The summed E-state index contributed by atoms with van der Waals surface area (Å²) in [6, 6.07) is 0.771. The minimum absolute atomic E-state index is 0.112. The Balaban J connectivity index is 1.79. The van der Waals surface area contributed by atoms with Crippen LogP contribution in [0.4, 0.5) is 0 Å². The molecule has 0 aromatic carbocycles. The van der Waals surface area contributed by atoms with Crippen molar-refractivity contribution in [3.05, 3.63) is 0 Å². The number of hydrogen-bond acceptors (Lipinski definition) is 3. The Kier molecular flexibility index (Phi) is 5.23. The summed E-state index contributed by atoms with van der Waals surface area (Å²) in [7, 11) is 0. The van der Waals surface area contributed by atoms with Gasteiger partial charge in [-0.05, 0) is 31.6 Å². The second kappa shape index (κ2) is 6.27. The van der Waals surface area contributed by atoms with E-state index in [0.29, 0.717) is 12.2 Å². The fourth-order valence-electron chi connectivity index (χ4n) is 1.10. The van der Waals surface area contributed by atoms with Crippen LogP contribution in [-0.4, -0.2) is 30.8 Å². The summed E-state index contributed by atoms with van der Waals surface area (Å²) < 4.78 is 0. The lowest BCUT2D eigenvalue weighted by Gasteiger charge is -2.04. The highest BCUT2D eigenvalue weighted by Crippen LogP contribution is 2.18. The van der Waals surface area contributed by atoms with Crippen LogP contribution in [0.3, 0.4) is 0 Å². The summed E-state index contributed by atoms with van der Waals surface area (Å²) in [5.74, 6) is 0.744. The summed E-state index contributed by atoms with van der Waals surface area (Å²) in [5.41, 5.74) is 0. The van der Waals surface area contributed by atoms with Crippen molar-refractivity contribution < 1.29 is 4.79 Å². The first-order valence-corrected chi connectivity index (χ1v) is 5.57. The topological polar surface area (TPSA) is 41.1 Å². The fraction of sp³-hybridized carbons (Fsp3) is 0.889. The number of thiol groups is 1. The van der Waals surface area contributed by atoms with Crippen LogP contribution in [0.1, 0.15) is 25.7 Å². The van der Waals surface area contributed by atoms with E-state index < -0.39 is 0 Å². The second-order valence-corrected chi connectivity index (χ2v) is 3.85. The van der Waals surface area contributed by atoms with Gasteiger partial charge in [-0.1, -0.05) is 0 Å². The van der Waals surface area contributed by atoms with Gasteiger partial charge >= 0.3 is 0 Å². The first kappa shape index (κ1) is 10.9. The summed E-state index contributed by atoms with van der Waals surface area (Å²) in [6.45, 7) is 1.80. The van der Waals surface area contributed by atoms with Crippen molar-refractivity contribution in [1.29, 1.82) is 0 Å². The van der Waals surface area contributed by atoms with Crippen LogP contribution in [0.15, 0.2) is 0 Å². The van der Waals surface area contributed by atoms with Crippen molar-refractivity contribution in [2.24, 2.45) is 0 Å². The summed E-state index contributed by atoms with van der Waals surface area (Å²) in [6.07, 6.45) is 4.20. The Labute approximate surface area is 85.1 Å². The molecular formula is C9H18N2OS. The van der Waals surface area contributed by atoms with Crippen LogP contribution < -0.4 is 10.6 Å². The lowest BCUT2D eigenvalue weighted by atomic mass is 10.4. The summed E-state index contributed by atoms with van der Waals surface area (Å²) >= 11 is 3.99. The smallest absolute Gasteiger partial charge is 0.220 e. The third-order valence-electron chi connectivity index (χ3n) is 2.02. The Hall–Kier alpha value is -0.220. The van der Waals surface area contributed by atoms with Gasteiger partial charge in [-0.3, -0.25) is 4.79 Å². The molecule has 2 N–H and O–H groups in total. The van der Waals surface area contributed by atoms with Crippen molar-refractivity contribution in [2.75, 3.05) is 18.8 Å². The number of rotatable bonds is 7. The minimum Gasteiger partial charge on any atom is -0.356 e. The highest BCUT2D eigenvalue weighted by atomic mass is 32.1. The maximum atomic E-state index is 11.0. The first-order valence-electron chi connectivity index (χ1n) is 4.94. The molecule has 1 aliphatic rings. The average Bonchev–Trinajstić information content (AvgIpc) is 2.88. The van der Waals surface area contributed by atoms with Crippen LogP contribution in [-0.2, 0) is 4.79 Å². The molecule has 0 spiro atoms. The molecule has 0 heterocycles. The number of carbonyl (C=O) groups is 1. The molecule has 13 heavy (non-hydrogen) atoms. The number of hydrogen-bond donors (Lipinski definition) is 3. The van der Waals surface area contributed by atoms with Gasteiger partial charge < -0.3 is 10.6 Å². The van der Waals surface area contributed by atoms with E-state index in [-0.39, 0.29) is 5.91 Å². The molecule has 0 unspecified atom stereocenters. The third kappa shape index (κ3) is 5.93. The summed E-state index contributed by atoms with van der Waals surface area (Å²) in [4.78, 5) is 11.0. The second-order valence-electron chi connectivity index (χ2n) is 3.41. The monoisotopic (exact) mass is 202 g/mol. The quantitative estimate of drug-likeness (QED) is 0.417. The number of carbonyl (C=O) groups excluding carboxylic acids is 1. The van der Waals surface area contributed by atoms with Crippen LogP contribution in [0.25, 0.3) is 0 Å². The standard InChI is InChI=1S/C9H18N2OS/c12-9(4-7-13)11-6-1-5-10-8-2-3-8/h8,10,13H,1-7H2,(H,11,12). The number of amides is 1. The molecule has 1 saturated carbocycles. The third-order valence-corrected chi connectivity index (χ3v) is 2.25. The van der Waals surface area contributed by atoms with E-state index in [0.717, 1.165) is 25.6 Å². The molecule has 4 heteroatoms. The lowest BCUT2D eigenvalue weighted by molar-refractivity contribution is -0.120. The summed E-state index contributed by atoms with van der Waals surface area (Å²) in [5, 5.41) is 6.25. The van der Waals surface area contributed by atoms with Gasteiger partial charge in [0.05, 0.1) is 0 Å². The predicted molar refractivity (Wildman–Crippen MR) is 57.1 cm³/mol. The Morgan fingerprint density at radius 2 is 2.15 bits per heavy atom. The van der Waals surface area contributed by atoms with Gasteiger partial charge in [0.1, 0.15) is 0 Å². The van der Waals surface area contributed by atoms with Gasteiger partial charge in [-0.25, -0.2) is 0 Å². The van der Waals surface area contributed by atoms with Gasteiger partial charge in [-0.15, -0.1) is 0 Å². The molecule has 0 aromatic heterocycles. The van der Waals surface area contributed by atoms with Crippen molar-refractivity contribution in [1.82, 2.24) is 10.6 Å². The van der Waals surface area contributed by atoms with Crippen LogP contribution in [0, 0.1) is 0 Å². The van der Waals surface area contributed by atoms with Crippen LogP contribution >= 0.6 is 12.6 Å². The Morgan fingerprint density at radius 1 is 1.38 bits per heavy atom. The highest BCUT2D eigenvalue weighted by Gasteiger charge is 2.19. The van der Waals surface area contributed by atoms with Gasteiger partial charge in [0.2, 0.25) is 5.91 Å². The fourth-order valence-corrected chi connectivity index (χ4v) is 1.30. The molecule has 0 aromatic rings. The Morgan fingerprint density at radius 3 is 2.77 bits per heavy atom. The van der Waals surface area contributed by atoms with Gasteiger partial charge in [0.15, 0.2) is 0 Å². The van der Waals surface area contributed by atoms with E-state index in [2.05, 4.69) is 23.3 Å². The zero-order chi connectivity index (χ0) is 9.52. The molecule has 0 bridgehead atoms. The van der Waals surface area contributed by atoms with E-state index in [4.69, 9.17) is 0 Å². The van der Waals surface area contributed by atoms with Crippen LogP contribution in [0.2, 0.25) is 0 Å². The highest BCUT2D eigenvalue weighted by molar-refractivity contribution is 7.80. The number of nitrogens with one attached hydrogen (secondary N) is 2. The zero-order valence-corrected chi connectivity index (χ0v) is 8.78. The van der Waals surface area contributed by atoms with Crippen molar-refractivity contribution in [3.63, 3.8) is 0 Å². The molecule has 0 atom stereocenters. The van der Waals surface area contributed by atoms with E-state index >= 15 is 0 Å². The minimum atomic E-state index is 0.112. The van der Waals surface area contributed by atoms with E-state index in [1.165, 1.54) is 12.8 Å². The average molecular weight is 202 g/mol. The van der Waals surface area contributed by atoms with Gasteiger partial charge in [0, 0.05) is 19.0 Å². The van der Waals surface area contributed by atoms with Crippen LogP contribution in [0.5, 0.6) is 0 Å². The normalized spacial score (nSPS) is 15.8. The van der Waals surface area contributed by atoms with E-state index in [1.807, 2.05) is 0 Å². The molecule has 1 aliphatic carbocycles. The van der Waals surface area contributed by atoms with Crippen molar-refractivity contribution >= 4 is 18.5 Å². The predicted octanol–water partition coefficient (Wildman–Crippen LogP) is 0.565. The van der Waals surface area contributed by atoms with Gasteiger partial charge in [-0.2, -0.15) is 12.6 Å². The molecule has 1 fully saturated rings. The van der Waals surface area contributed by atoms with Crippen molar-refractivity contribution in [2.45, 2.75) is 31.7 Å². The molecule has 3 nitrogen and oxygen atoms in total. The molecular weight excluding hydrogens is 184 g/mol. The van der Waals surface area contributed by atoms with E-state index in [1.54, 1.807) is 0 Å². The first-order chi connectivity index (χ1) is 6.33. The molecule has 1 rings (SSSR count). The lowest BCUT2D eigenvalue weighted by Crippen LogP contribution is -2.27. The molecule has 0 radical (unpaired) electrons. The molecule has 0 saturated heterocycles. The maximum Gasteiger partial charge on any atom is 0.220 e. The molecule has 1 amide bonds. The SMILES string of the molecule is O=C(CCS)NCCCNC1CC1. The molecule has 76 valence electrons. The Bertz CT molecular complexity index is 160. The largest absolute Gasteiger partial charge is 0.356 e. The van der Waals surface area contributed by atoms with Crippen molar-refractivity contribution in [3.8, 4) is 0 Å². The van der Waals surface area contributed by atoms with E-state index in [9.17, 15) is 4.79 Å².